The maximum atomic E-state index is 12.2. The Morgan fingerprint density at radius 2 is 1.81 bits per heavy atom. The van der Waals surface area contributed by atoms with Gasteiger partial charge in [0.25, 0.3) is 0 Å². The van der Waals surface area contributed by atoms with Crippen molar-refractivity contribution in [2.75, 3.05) is 19.5 Å². The zero-order chi connectivity index (χ0) is 18.4. The van der Waals surface area contributed by atoms with Gasteiger partial charge in [0.15, 0.2) is 0 Å². The third-order valence-electron chi connectivity index (χ3n) is 3.75. The van der Waals surface area contributed by atoms with E-state index >= 15 is 0 Å². The second kappa shape index (κ2) is 8.36. The summed E-state index contributed by atoms with van der Waals surface area (Å²) >= 11 is 1.64. The van der Waals surface area contributed by atoms with Crippen LogP contribution in [0.15, 0.2) is 66.7 Å². The van der Waals surface area contributed by atoms with Gasteiger partial charge in [-0.15, -0.1) is 11.3 Å². The van der Waals surface area contributed by atoms with Gasteiger partial charge < -0.3 is 14.8 Å². The molecule has 0 atom stereocenters. The molecule has 1 amide bonds. The van der Waals surface area contributed by atoms with Crippen molar-refractivity contribution in [1.29, 1.82) is 0 Å². The molecule has 1 N–H and O–H groups in total. The molecule has 26 heavy (non-hydrogen) atoms. The Kier molecular flexibility index (Phi) is 5.71. The number of hydrogen-bond donors (Lipinski definition) is 1. The summed E-state index contributed by atoms with van der Waals surface area (Å²) in [6.07, 6.45) is 3.32. The largest absolute Gasteiger partial charge is 0.497 e. The van der Waals surface area contributed by atoms with Crippen LogP contribution < -0.4 is 14.8 Å². The lowest BCUT2D eigenvalue weighted by atomic mass is 10.2. The number of nitrogens with one attached hydrogen (secondary N) is 1. The van der Waals surface area contributed by atoms with Gasteiger partial charge >= 0.3 is 0 Å². The maximum absolute atomic E-state index is 12.2. The standard InChI is InChI=1S/C21H19NO3S/c1-24-16-8-11-19(25-2)18(14-16)22-21(23)13-10-17-9-12-20(26-17)15-6-4-3-5-7-15/h3-14H,1-2H3,(H,22,23)/b13-10+. The molecule has 0 saturated carbocycles. The zero-order valence-electron chi connectivity index (χ0n) is 14.6. The molecule has 0 spiro atoms. The van der Waals surface area contributed by atoms with E-state index in [0.717, 1.165) is 4.88 Å². The highest BCUT2D eigenvalue weighted by Crippen LogP contribution is 2.30. The smallest absolute Gasteiger partial charge is 0.248 e. The molecule has 132 valence electrons. The van der Waals surface area contributed by atoms with Gasteiger partial charge in [0.05, 0.1) is 19.9 Å². The molecule has 0 aliphatic heterocycles. The predicted molar refractivity (Wildman–Crippen MR) is 107 cm³/mol. The molecule has 0 fully saturated rings. The van der Waals surface area contributed by atoms with Crippen LogP contribution in [-0.2, 0) is 4.79 Å². The first-order chi connectivity index (χ1) is 12.7. The first kappa shape index (κ1) is 17.8. The fourth-order valence-corrected chi connectivity index (χ4v) is 3.36. The number of ether oxygens (including phenoxy) is 2. The monoisotopic (exact) mass is 365 g/mol. The third kappa shape index (κ3) is 4.32. The van der Waals surface area contributed by atoms with E-state index < -0.39 is 0 Å². The molecule has 5 heteroatoms. The van der Waals surface area contributed by atoms with Crippen LogP contribution in [0.25, 0.3) is 16.5 Å². The van der Waals surface area contributed by atoms with Gasteiger partial charge in [0, 0.05) is 21.9 Å². The second-order valence-electron chi connectivity index (χ2n) is 5.46. The van der Waals surface area contributed by atoms with Crippen LogP contribution in [-0.4, -0.2) is 20.1 Å². The van der Waals surface area contributed by atoms with Gasteiger partial charge in [-0.2, -0.15) is 0 Å². The first-order valence-electron chi connectivity index (χ1n) is 8.06. The Labute approximate surface area is 156 Å². The highest BCUT2D eigenvalue weighted by Gasteiger charge is 2.07. The van der Waals surface area contributed by atoms with Gasteiger partial charge in [-0.05, 0) is 35.9 Å². The van der Waals surface area contributed by atoms with E-state index in [1.165, 1.54) is 16.5 Å². The van der Waals surface area contributed by atoms with Gasteiger partial charge in [0.1, 0.15) is 11.5 Å². The molecule has 0 saturated heterocycles. The summed E-state index contributed by atoms with van der Waals surface area (Å²) in [5, 5.41) is 2.82. The summed E-state index contributed by atoms with van der Waals surface area (Å²) in [5.41, 5.74) is 1.74. The summed E-state index contributed by atoms with van der Waals surface area (Å²) in [4.78, 5) is 14.4. The Hall–Kier alpha value is -3.05. The number of amides is 1. The highest BCUT2D eigenvalue weighted by atomic mass is 32.1. The quantitative estimate of drug-likeness (QED) is 0.619. The average Bonchev–Trinajstić information content (AvgIpc) is 3.16. The molecule has 0 aliphatic rings. The van der Waals surface area contributed by atoms with Gasteiger partial charge in [-0.1, -0.05) is 30.3 Å². The minimum atomic E-state index is -0.230. The van der Waals surface area contributed by atoms with Crippen molar-refractivity contribution < 1.29 is 14.3 Å². The number of rotatable bonds is 6. The molecular weight excluding hydrogens is 346 g/mol. The zero-order valence-corrected chi connectivity index (χ0v) is 15.4. The Morgan fingerprint density at radius 3 is 2.54 bits per heavy atom. The first-order valence-corrected chi connectivity index (χ1v) is 8.87. The number of carbonyl (C=O) groups excluding carboxylic acids is 1. The van der Waals surface area contributed by atoms with Gasteiger partial charge in [-0.3, -0.25) is 4.79 Å². The maximum Gasteiger partial charge on any atom is 0.248 e. The molecule has 1 heterocycles. The van der Waals surface area contributed by atoms with Crippen molar-refractivity contribution in [2.24, 2.45) is 0 Å². The predicted octanol–water partition coefficient (Wildman–Crippen LogP) is 5.08. The molecular formula is C21H19NO3S. The molecule has 3 aromatic rings. The Morgan fingerprint density at radius 1 is 1.00 bits per heavy atom. The van der Waals surface area contributed by atoms with Crippen LogP contribution in [0.5, 0.6) is 11.5 Å². The van der Waals surface area contributed by atoms with Crippen LogP contribution in [0.2, 0.25) is 0 Å². The lowest BCUT2D eigenvalue weighted by molar-refractivity contribution is -0.111. The van der Waals surface area contributed by atoms with E-state index in [0.29, 0.717) is 17.2 Å². The summed E-state index contributed by atoms with van der Waals surface area (Å²) < 4.78 is 10.5. The van der Waals surface area contributed by atoms with Crippen molar-refractivity contribution in [3.63, 3.8) is 0 Å². The number of methoxy groups -OCH3 is 2. The summed E-state index contributed by atoms with van der Waals surface area (Å²) in [6, 6.07) is 19.5. The van der Waals surface area contributed by atoms with Gasteiger partial charge in [0.2, 0.25) is 5.91 Å². The fraction of sp³-hybridized carbons (Fsp3) is 0.0952. The number of hydrogen-bond acceptors (Lipinski definition) is 4. The van der Waals surface area contributed by atoms with Crippen LogP contribution in [0.4, 0.5) is 5.69 Å². The summed E-state index contributed by atoms with van der Waals surface area (Å²) in [6.45, 7) is 0. The average molecular weight is 365 g/mol. The number of thiophene rings is 1. The number of anilines is 1. The molecule has 0 bridgehead atoms. The van der Waals surface area contributed by atoms with Crippen molar-refractivity contribution in [3.8, 4) is 21.9 Å². The number of benzene rings is 2. The van der Waals surface area contributed by atoms with Crippen molar-refractivity contribution in [2.45, 2.75) is 0 Å². The Bertz CT molecular complexity index is 916. The Balaban J connectivity index is 1.70. The van der Waals surface area contributed by atoms with Crippen molar-refractivity contribution in [1.82, 2.24) is 0 Å². The SMILES string of the molecule is COc1ccc(OC)c(NC(=O)/C=C/c2ccc(-c3ccccc3)s2)c1. The third-order valence-corrected chi connectivity index (χ3v) is 4.85. The highest BCUT2D eigenvalue weighted by molar-refractivity contribution is 7.16. The van der Waals surface area contributed by atoms with Gasteiger partial charge in [-0.25, -0.2) is 0 Å². The molecule has 2 aromatic carbocycles. The van der Waals surface area contributed by atoms with Crippen LogP contribution in [0.3, 0.4) is 0 Å². The van der Waals surface area contributed by atoms with Crippen LogP contribution >= 0.6 is 11.3 Å². The van der Waals surface area contributed by atoms with E-state index in [-0.39, 0.29) is 5.91 Å². The topological polar surface area (TPSA) is 47.6 Å². The van der Waals surface area contributed by atoms with Crippen LogP contribution in [0.1, 0.15) is 4.88 Å². The summed E-state index contributed by atoms with van der Waals surface area (Å²) in [5.74, 6) is 0.997. The van der Waals surface area contributed by atoms with E-state index in [9.17, 15) is 4.79 Å². The summed E-state index contributed by atoms with van der Waals surface area (Å²) in [7, 11) is 3.14. The van der Waals surface area contributed by atoms with E-state index in [2.05, 4.69) is 23.5 Å². The van der Waals surface area contributed by atoms with Crippen molar-refractivity contribution in [3.05, 3.63) is 71.6 Å². The molecule has 4 nitrogen and oxygen atoms in total. The normalized spacial score (nSPS) is 10.7. The number of carbonyl (C=O) groups is 1. The van der Waals surface area contributed by atoms with Crippen LogP contribution in [0, 0.1) is 0 Å². The van der Waals surface area contributed by atoms with Crippen molar-refractivity contribution >= 4 is 29.0 Å². The molecule has 0 unspecified atom stereocenters. The lowest BCUT2D eigenvalue weighted by Gasteiger charge is -2.10. The fourth-order valence-electron chi connectivity index (χ4n) is 2.44. The molecule has 0 radical (unpaired) electrons. The van der Waals surface area contributed by atoms with E-state index in [1.807, 2.05) is 24.3 Å². The molecule has 1 aromatic heterocycles. The minimum absolute atomic E-state index is 0.230. The minimum Gasteiger partial charge on any atom is -0.497 e. The van der Waals surface area contributed by atoms with E-state index in [1.54, 1.807) is 49.8 Å². The second-order valence-corrected chi connectivity index (χ2v) is 6.57. The lowest BCUT2D eigenvalue weighted by Crippen LogP contribution is -2.09. The molecule has 0 aliphatic carbocycles. The molecule has 3 rings (SSSR count). The van der Waals surface area contributed by atoms with E-state index in [4.69, 9.17) is 9.47 Å².